The predicted molar refractivity (Wildman–Crippen MR) is 85.1 cm³/mol. The maximum absolute atomic E-state index is 2.23. The first-order valence-electron chi connectivity index (χ1n) is 6.40. The Morgan fingerprint density at radius 3 is 0.864 bits per heavy atom. The molecule has 0 saturated heterocycles. The van der Waals surface area contributed by atoms with E-state index in [-0.39, 0.29) is 41.9 Å². The van der Waals surface area contributed by atoms with Crippen molar-refractivity contribution in [1.82, 2.24) is 0 Å². The second-order valence-corrected chi connectivity index (χ2v) is 6.56. The fourth-order valence-electron chi connectivity index (χ4n) is 2.18. The van der Waals surface area contributed by atoms with Crippen LogP contribution < -0.4 is 40.7 Å². The third kappa shape index (κ3) is 5.13. The zero-order valence-corrected chi connectivity index (χ0v) is 15.0. The summed E-state index contributed by atoms with van der Waals surface area (Å²) >= 11 is 0. The molecule has 0 amide bonds. The first kappa shape index (κ1) is 21.2. The Labute approximate surface area is 156 Å². The van der Waals surface area contributed by atoms with Gasteiger partial charge in [0.25, 0.3) is 0 Å². The summed E-state index contributed by atoms with van der Waals surface area (Å²) in [5.41, 5.74) is 0. The van der Waals surface area contributed by atoms with E-state index in [1.165, 1.54) is 15.9 Å². The molecule has 0 bridgehead atoms. The zero-order valence-electron chi connectivity index (χ0n) is 11.7. The Morgan fingerprint density at radius 1 is 0.409 bits per heavy atom. The van der Waals surface area contributed by atoms with Crippen LogP contribution in [0.2, 0.25) is 0 Å². The van der Waals surface area contributed by atoms with Crippen molar-refractivity contribution in [2.24, 2.45) is 0 Å². The maximum atomic E-state index is 2.23. The van der Waals surface area contributed by atoms with Gasteiger partial charge in [0, 0.05) is 0 Å². The second-order valence-electron chi connectivity index (χ2n) is 4.34. The molecule has 22 heavy (non-hydrogen) atoms. The fourth-order valence-corrected chi connectivity index (χ4v) is 4.48. The molecule has 0 N–H and O–H groups in total. The van der Waals surface area contributed by atoms with Crippen LogP contribution in [-0.4, -0.2) is 0 Å². The summed E-state index contributed by atoms with van der Waals surface area (Å²) in [5, 5.41) is 4.19. The second kappa shape index (κ2) is 10.8. The molecule has 1 radical (unpaired) electrons. The van der Waals surface area contributed by atoms with E-state index < -0.39 is 7.92 Å². The van der Waals surface area contributed by atoms with Crippen LogP contribution in [0.5, 0.6) is 0 Å². The summed E-state index contributed by atoms with van der Waals surface area (Å²) < 4.78 is 0. The van der Waals surface area contributed by atoms with E-state index in [1.807, 2.05) is 0 Å². The summed E-state index contributed by atoms with van der Waals surface area (Å²) in [6, 6.07) is 32.3. The molecule has 0 spiro atoms. The molecule has 0 fully saturated rings. The molecule has 0 aromatic heterocycles. The molecule has 3 rings (SSSR count). The van der Waals surface area contributed by atoms with Crippen molar-refractivity contribution in [2.45, 2.75) is 0 Å². The molecule has 0 atom stereocenters. The van der Waals surface area contributed by atoms with E-state index in [9.17, 15) is 0 Å². The van der Waals surface area contributed by atoms with Crippen molar-refractivity contribution in [3.63, 3.8) is 0 Å². The molecule has 0 aliphatic heterocycles. The van der Waals surface area contributed by atoms with Gasteiger partial charge >= 0.3 is 17.1 Å². The number of hydrogen-bond donors (Lipinski definition) is 0. The van der Waals surface area contributed by atoms with Gasteiger partial charge in [-0.3, -0.25) is 0 Å². The fraction of sp³-hybridized carbons (Fsp3) is 0. The Kier molecular flexibility index (Phi) is 10.4. The van der Waals surface area contributed by atoms with Gasteiger partial charge in [0.15, 0.2) is 0 Å². The van der Waals surface area contributed by atoms with Crippen LogP contribution in [0.3, 0.4) is 0 Å². The van der Waals surface area contributed by atoms with Crippen LogP contribution in [-0.2, 0) is 17.1 Å². The molecule has 3 aromatic carbocycles. The van der Waals surface area contributed by atoms with Gasteiger partial charge < -0.3 is 24.8 Å². The molecular weight excluding hydrogens is 382 g/mol. The van der Waals surface area contributed by atoms with Crippen molar-refractivity contribution < 1.29 is 41.9 Å². The van der Waals surface area contributed by atoms with E-state index in [0.717, 1.165) is 0 Å². The van der Waals surface area contributed by atoms with Crippen LogP contribution in [0.15, 0.2) is 91.0 Å². The quantitative estimate of drug-likeness (QED) is 0.338. The summed E-state index contributed by atoms with van der Waals surface area (Å²) in [5.74, 6) is 0. The van der Waals surface area contributed by atoms with Gasteiger partial charge in [0.2, 0.25) is 0 Å². The molecule has 0 saturated carbocycles. The van der Waals surface area contributed by atoms with Crippen molar-refractivity contribution >= 4 is 23.8 Å². The van der Waals surface area contributed by atoms with Crippen LogP contribution in [0.4, 0.5) is 0 Å². The first-order chi connectivity index (χ1) is 9.45. The number of benzene rings is 3. The van der Waals surface area contributed by atoms with Gasteiger partial charge in [-0.25, -0.2) is 0 Å². The minimum atomic E-state index is -0.446. The van der Waals surface area contributed by atoms with Gasteiger partial charge in [-0.2, -0.15) is 0 Å². The van der Waals surface area contributed by atoms with Gasteiger partial charge in [0.05, 0.1) is 0 Å². The number of rotatable bonds is 3. The van der Waals surface area contributed by atoms with Crippen molar-refractivity contribution in [3.05, 3.63) is 91.0 Å². The van der Waals surface area contributed by atoms with Crippen molar-refractivity contribution in [1.29, 1.82) is 0 Å². The van der Waals surface area contributed by atoms with E-state index in [1.54, 1.807) is 0 Å². The van der Waals surface area contributed by atoms with Crippen LogP contribution in [0.25, 0.3) is 0 Å². The molecule has 0 aliphatic carbocycles. The molecule has 0 nitrogen and oxygen atoms in total. The van der Waals surface area contributed by atoms with Crippen LogP contribution in [0, 0.1) is 0 Å². The molecule has 3 aromatic rings. The number of halogens is 2. The largest absolute Gasteiger partial charge is 2.00 e. The van der Waals surface area contributed by atoms with Crippen LogP contribution in [0.1, 0.15) is 0 Å². The van der Waals surface area contributed by atoms with Crippen molar-refractivity contribution in [3.8, 4) is 0 Å². The van der Waals surface area contributed by atoms with E-state index in [0.29, 0.717) is 0 Å². The summed E-state index contributed by atoms with van der Waals surface area (Å²) in [7, 11) is -0.446. The topological polar surface area (TPSA) is 0 Å². The van der Waals surface area contributed by atoms with E-state index in [4.69, 9.17) is 0 Å². The minimum Gasteiger partial charge on any atom is -1.00 e. The van der Waals surface area contributed by atoms with Crippen LogP contribution >= 0.6 is 7.92 Å². The molecule has 0 unspecified atom stereocenters. The SMILES string of the molecule is [Cl-].[Cl-].[Cu+2].c1ccc(P(c2ccccc2)c2ccccc2)cc1. The molecule has 4 heteroatoms. The van der Waals surface area contributed by atoms with E-state index >= 15 is 0 Å². The standard InChI is InChI=1S/C18H15P.2ClH.Cu/c1-4-10-16(11-5-1)19(17-12-6-2-7-13-17)18-14-8-3-9-15-18;;;/h1-15H;2*1H;/q;;;+2/p-2. The molecule has 117 valence electrons. The smallest absolute Gasteiger partial charge is 1.00 e. The monoisotopic (exact) mass is 395 g/mol. The average Bonchev–Trinajstić information content (AvgIpc) is 2.51. The molecule has 0 heterocycles. The Balaban J connectivity index is 0.00000147. The van der Waals surface area contributed by atoms with Crippen molar-refractivity contribution in [2.75, 3.05) is 0 Å². The Hall–Kier alpha value is -0.811. The Morgan fingerprint density at radius 2 is 0.636 bits per heavy atom. The third-order valence-corrected chi connectivity index (χ3v) is 5.49. The number of hydrogen-bond acceptors (Lipinski definition) is 0. The first-order valence-corrected chi connectivity index (χ1v) is 7.74. The summed E-state index contributed by atoms with van der Waals surface area (Å²) in [6.07, 6.45) is 0. The maximum Gasteiger partial charge on any atom is 2.00 e. The minimum absolute atomic E-state index is 0. The molecular formula is C18H15Cl2CuP. The van der Waals surface area contributed by atoms with Gasteiger partial charge in [-0.15, -0.1) is 0 Å². The van der Waals surface area contributed by atoms with Gasteiger partial charge in [-0.05, 0) is 23.8 Å². The normalized spacial score (nSPS) is 9.14. The summed E-state index contributed by atoms with van der Waals surface area (Å²) in [4.78, 5) is 0. The third-order valence-electron chi connectivity index (χ3n) is 3.04. The summed E-state index contributed by atoms with van der Waals surface area (Å²) in [6.45, 7) is 0. The zero-order chi connectivity index (χ0) is 12.9. The molecule has 0 aliphatic rings. The van der Waals surface area contributed by atoms with Gasteiger partial charge in [-0.1, -0.05) is 91.0 Å². The Bertz CT molecular complexity index is 539. The average molecular weight is 397 g/mol. The van der Waals surface area contributed by atoms with E-state index in [2.05, 4.69) is 91.0 Å². The predicted octanol–water partition coefficient (Wildman–Crippen LogP) is -2.55. The van der Waals surface area contributed by atoms with Gasteiger partial charge in [0.1, 0.15) is 0 Å².